The summed E-state index contributed by atoms with van der Waals surface area (Å²) in [4.78, 5) is 1.38. The molecule has 0 bridgehead atoms. The minimum Gasteiger partial charge on any atom is -0.331 e. The number of quaternary nitrogens is 1. The monoisotopic (exact) mass is 137 g/mol. The fourth-order valence-electron chi connectivity index (χ4n) is 0.919. The van der Waals surface area contributed by atoms with Crippen molar-refractivity contribution in [3.8, 4) is 0 Å². The molecular weight excluding hydrogens is 124 g/mol. The summed E-state index contributed by atoms with van der Waals surface area (Å²) in [5.41, 5.74) is 0.595. The zero-order valence-electron chi connectivity index (χ0n) is 6.39. The van der Waals surface area contributed by atoms with Gasteiger partial charge in [-0.3, -0.25) is 0 Å². The number of nitrogens with one attached hydrogen (secondary N) is 2. The molecule has 0 radical (unpaired) electrons. The molecule has 0 saturated carbocycles. The van der Waals surface area contributed by atoms with E-state index in [2.05, 4.69) is 26.2 Å². The second kappa shape index (κ2) is 2.80. The molecule has 0 spiro atoms. The third-order valence-electron chi connectivity index (χ3n) is 1.63. The summed E-state index contributed by atoms with van der Waals surface area (Å²) in [6.07, 6.45) is 7.80. The smallest absolute Gasteiger partial charge is 0.125 e. The summed E-state index contributed by atoms with van der Waals surface area (Å²) in [5, 5.41) is 7.24. The van der Waals surface area contributed by atoms with Crippen LogP contribution < -0.4 is 4.90 Å². The SMILES string of the molecule is C[NH+](C)C1C=CC(=N)C=C1. The zero-order chi connectivity index (χ0) is 7.56. The van der Waals surface area contributed by atoms with Crippen molar-refractivity contribution in [2.45, 2.75) is 6.04 Å². The standard InChI is InChI=1S/C8H12N2/c1-10(2)8-5-3-7(9)4-6-8/h3-6,8-9H,1-2H3/p+1. The second-order valence-corrected chi connectivity index (χ2v) is 2.78. The third kappa shape index (κ3) is 1.54. The lowest BCUT2D eigenvalue weighted by Gasteiger charge is -2.15. The van der Waals surface area contributed by atoms with E-state index in [1.54, 1.807) is 0 Å². The lowest BCUT2D eigenvalue weighted by atomic mass is 10.1. The second-order valence-electron chi connectivity index (χ2n) is 2.78. The fourth-order valence-corrected chi connectivity index (χ4v) is 0.919. The highest BCUT2D eigenvalue weighted by Crippen LogP contribution is 1.94. The first-order valence-corrected chi connectivity index (χ1v) is 3.45. The van der Waals surface area contributed by atoms with E-state index in [1.165, 1.54) is 4.90 Å². The van der Waals surface area contributed by atoms with Gasteiger partial charge in [-0.25, -0.2) is 0 Å². The van der Waals surface area contributed by atoms with Crippen LogP contribution in [-0.2, 0) is 0 Å². The molecule has 0 heterocycles. The maximum Gasteiger partial charge on any atom is 0.125 e. The third-order valence-corrected chi connectivity index (χ3v) is 1.63. The van der Waals surface area contributed by atoms with Gasteiger partial charge in [0.25, 0.3) is 0 Å². The lowest BCUT2D eigenvalue weighted by molar-refractivity contribution is -0.871. The largest absolute Gasteiger partial charge is 0.331 e. The van der Waals surface area contributed by atoms with Gasteiger partial charge in [-0.2, -0.15) is 0 Å². The molecule has 0 fully saturated rings. The van der Waals surface area contributed by atoms with E-state index < -0.39 is 0 Å². The number of likely N-dealkylation sites (N-methyl/N-ethyl adjacent to an activating group) is 1. The molecule has 1 aliphatic rings. The minimum absolute atomic E-state index is 0.453. The maximum atomic E-state index is 7.24. The Kier molecular flexibility index (Phi) is 2.02. The van der Waals surface area contributed by atoms with Crippen LogP contribution in [-0.4, -0.2) is 25.8 Å². The van der Waals surface area contributed by atoms with E-state index in [0.29, 0.717) is 11.8 Å². The van der Waals surface area contributed by atoms with E-state index in [-0.39, 0.29) is 0 Å². The van der Waals surface area contributed by atoms with Gasteiger partial charge in [-0.05, 0) is 24.3 Å². The van der Waals surface area contributed by atoms with E-state index in [1.807, 2.05) is 12.2 Å². The van der Waals surface area contributed by atoms with E-state index >= 15 is 0 Å². The van der Waals surface area contributed by atoms with Crippen molar-refractivity contribution in [2.75, 3.05) is 14.1 Å². The molecule has 0 unspecified atom stereocenters. The maximum absolute atomic E-state index is 7.24. The predicted octanol–water partition coefficient (Wildman–Crippen LogP) is -0.355. The van der Waals surface area contributed by atoms with Gasteiger partial charge in [0.05, 0.1) is 19.8 Å². The molecule has 2 nitrogen and oxygen atoms in total. The van der Waals surface area contributed by atoms with Gasteiger partial charge in [0.15, 0.2) is 0 Å². The Bertz CT molecular complexity index is 173. The Morgan fingerprint density at radius 1 is 1.30 bits per heavy atom. The van der Waals surface area contributed by atoms with E-state index in [9.17, 15) is 0 Å². The highest BCUT2D eigenvalue weighted by Gasteiger charge is 2.08. The van der Waals surface area contributed by atoms with Crippen LogP contribution in [0.15, 0.2) is 24.3 Å². The molecule has 1 rings (SSSR count). The summed E-state index contributed by atoms with van der Waals surface area (Å²) < 4.78 is 0. The van der Waals surface area contributed by atoms with Crippen molar-refractivity contribution < 1.29 is 4.90 Å². The average molecular weight is 137 g/mol. The molecule has 54 valence electrons. The van der Waals surface area contributed by atoms with Gasteiger partial charge in [0, 0.05) is 0 Å². The normalized spacial score (nSPS) is 24.3. The average Bonchev–Trinajstić information content (AvgIpc) is 1.88. The molecule has 0 amide bonds. The summed E-state index contributed by atoms with van der Waals surface area (Å²) in [6, 6.07) is 0.453. The van der Waals surface area contributed by atoms with Gasteiger partial charge in [-0.15, -0.1) is 0 Å². The Labute approximate surface area is 61.4 Å². The minimum atomic E-state index is 0.453. The first-order chi connectivity index (χ1) is 4.70. The van der Waals surface area contributed by atoms with Crippen LogP contribution in [0.5, 0.6) is 0 Å². The number of rotatable bonds is 1. The van der Waals surface area contributed by atoms with Crippen LogP contribution in [0.3, 0.4) is 0 Å². The van der Waals surface area contributed by atoms with Crippen molar-refractivity contribution in [2.24, 2.45) is 0 Å². The van der Waals surface area contributed by atoms with Crippen LogP contribution in [0.25, 0.3) is 0 Å². The molecule has 0 saturated heterocycles. The van der Waals surface area contributed by atoms with E-state index in [4.69, 9.17) is 5.41 Å². The Balaban J connectivity index is 2.62. The lowest BCUT2D eigenvalue weighted by Crippen LogP contribution is -3.09. The van der Waals surface area contributed by atoms with Crippen molar-refractivity contribution in [1.29, 1.82) is 5.41 Å². The quantitative estimate of drug-likeness (QED) is 0.494. The van der Waals surface area contributed by atoms with E-state index in [0.717, 1.165) is 0 Å². The predicted molar refractivity (Wildman–Crippen MR) is 42.6 cm³/mol. The highest BCUT2D eigenvalue weighted by molar-refractivity contribution is 6.02. The molecule has 2 N–H and O–H groups in total. The first-order valence-electron chi connectivity index (χ1n) is 3.45. The van der Waals surface area contributed by atoms with Crippen LogP contribution in [0, 0.1) is 5.41 Å². The molecule has 10 heavy (non-hydrogen) atoms. The highest BCUT2D eigenvalue weighted by atomic mass is 15.1. The topological polar surface area (TPSA) is 28.3 Å². The molecule has 0 aromatic rings. The fraction of sp³-hybridized carbons (Fsp3) is 0.375. The molecule has 0 aromatic heterocycles. The first kappa shape index (κ1) is 7.22. The van der Waals surface area contributed by atoms with Gasteiger partial charge < -0.3 is 10.3 Å². The van der Waals surface area contributed by atoms with Gasteiger partial charge in [0.2, 0.25) is 0 Å². The Hall–Kier alpha value is -0.890. The number of allylic oxidation sites excluding steroid dienone is 2. The van der Waals surface area contributed by atoms with Crippen molar-refractivity contribution in [1.82, 2.24) is 0 Å². The van der Waals surface area contributed by atoms with Crippen molar-refractivity contribution in [3.63, 3.8) is 0 Å². The van der Waals surface area contributed by atoms with Crippen LogP contribution in [0.2, 0.25) is 0 Å². The summed E-state index contributed by atoms with van der Waals surface area (Å²) in [7, 11) is 4.21. The molecule has 2 heteroatoms. The molecule has 0 aliphatic heterocycles. The van der Waals surface area contributed by atoms with Crippen molar-refractivity contribution in [3.05, 3.63) is 24.3 Å². The van der Waals surface area contributed by atoms with Gasteiger partial charge in [0.1, 0.15) is 6.04 Å². The Morgan fingerprint density at radius 3 is 2.20 bits per heavy atom. The van der Waals surface area contributed by atoms with Crippen molar-refractivity contribution >= 4 is 5.71 Å². The van der Waals surface area contributed by atoms with Crippen LogP contribution in [0.1, 0.15) is 0 Å². The molecule has 0 aromatic carbocycles. The summed E-state index contributed by atoms with van der Waals surface area (Å²) >= 11 is 0. The molecule has 0 atom stereocenters. The van der Waals surface area contributed by atoms with Crippen LogP contribution >= 0.6 is 0 Å². The van der Waals surface area contributed by atoms with Gasteiger partial charge >= 0.3 is 0 Å². The summed E-state index contributed by atoms with van der Waals surface area (Å²) in [5.74, 6) is 0. The molecule has 1 aliphatic carbocycles. The molecular formula is C8H13N2+. The van der Waals surface area contributed by atoms with Crippen LogP contribution in [0.4, 0.5) is 0 Å². The Morgan fingerprint density at radius 2 is 1.80 bits per heavy atom. The summed E-state index contributed by atoms with van der Waals surface area (Å²) in [6.45, 7) is 0. The number of hydrogen-bond donors (Lipinski definition) is 2. The zero-order valence-corrected chi connectivity index (χ0v) is 6.39. The van der Waals surface area contributed by atoms with Gasteiger partial charge in [-0.1, -0.05) is 0 Å². The number of hydrogen-bond acceptors (Lipinski definition) is 1.